The molecule has 0 spiro atoms. The molecule has 3 heterocycles. The molecule has 0 radical (unpaired) electrons. The fraction of sp³-hybridized carbons (Fsp3) is 0.567. The number of nitrogens with zero attached hydrogens (tertiary/aromatic N) is 3. The molecule has 0 aromatic heterocycles. The van der Waals surface area contributed by atoms with Crippen molar-refractivity contribution in [2.75, 3.05) is 39.4 Å². The summed E-state index contributed by atoms with van der Waals surface area (Å²) in [5.41, 5.74) is 4.97. The van der Waals surface area contributed by atoms with Crippen LogP contribution in [0.1, 0.15) is 46.0 Å². The molecule has 2 saturated heterocycles. The Hall–Kier alpha value is -2.41. The van der Waals surface area contributed by atoms with Gasteiger partial charge >= 0.3 is 0 Å². The Morgan fingerprint density at radius 2 is 1.92 bits per heavy atom. The minimum Gasteiger partial charge on any atom is -0.379 e. The molecule has 194 valence electrons. The van der Waals surface area contributed by atoms with Gasteiger partial charge in [0, 0.05) is 50.1 Å². The normalized spacial score (nSPS) is 35.7. The van der Waals surface area contributed by atoms with Gasteiger partial charge in [-0.2, -0.15) is 0 Å². The lowest BCUT2D eigenvalue weighted by Crippen LogP contribution is -2.44. The molecular weight excluding hydrogens is 448 g/mol. The predicted molar refractivity (Wildman–Crippen MR) is 146 cm³/mol. The maximum absolute atomic E-state index is 11.0. The monoisotopic (exact) mass is 490 g/mol. The Morgan fingerprint density at radius 1 is 1.08 bits per heavy atom. The fourth-order valence-corrected chi connectivity index (χ4v) is 5.95. The van der Waals surface area contributed by atoms with Crippen LogP contribution in [-0.2, 0) is 4.74 Å². The molecule has 5 rings (SSSR count). The highest BCUT2D eigenvalue weighted by Gasteiger charge is 2.30. The number of hydrogen-bond acceptors (Lipinski definition) is 6. The highest BCUT2D eigenvalue weighted by atomic mass is 16.5. The molecule has 0 amide bonds. The van der Waals surface area contributed by atoms with Gasteiger partial charge in [0.05, 0.1) is 13.2 Å². The summed E-state index contributed by atoms with van der Waals surface area (Å²) in [5, 5.41) is 14.4. The van der Waals surface area contributed by atoms with Crippen molar-refractivity contribution >= 4 is 6.21 Å². The molecule has 0 aromatic carbocycles. The largest absolute Gasteiger partial charge is 0.379 e. The topological polar surface area (TPSA) is 60.3 Å². The van der Waals surface area contributed by atoms with E-state index in [9.17, 15) is 5.11 Å². The average Bonchev–Trinajstić information content (AvgIpc) is 3.39. The van der Waals surface area contributed by atoms with Gasteiger partial charge in [-0.3, -0.25) is 4.90 Å². The second-order valence-corrected chi connectivity index (χ2v) is 10.9. The zero-order valence-electron chi connectivity index (χ0n) is 21.9. The van der Waals surface area contributed by atoms with Crippen LogP contribution in [0.15, 0.2) is 75.8 Å². The van der Waals surface area contributed by atoms with Crippen molar-refractivity contribution < 1.29 is 9.84 Å². The number of aliphatic hydroxyl groups excluding tert-OH is 1. The van der Waals surface area contributed by atoms with E-state index in [1.807, 2.05) is 6.21 Å². The van der Waals surface area contributed by atoms with Gasteiger partial charge in [0.25, 0.3) is 0 Å². The van der Waals surface area contributed by atoms with Crippen molar-refractivity contribution in [3.63, 3.8) is 0 Å². The molecule has 2 N–H and O–H groups in total. The summed E-state index contributed by atoms with van der Waals surface area (Å²) in [5.74, 6) is 1.76. The maximum Gasteiger partial charge on any atom is 0.129 e. The lowest BCUT2D eigenvalue weighted by molar-refractivity contribution is 0.0145. The van der Waals surface area contributed by atoms with Gasteiger partial charge in [0.15, 0.2) is 0 Å². The highest BCUT2D eigenvalue weighted by molar-refractivity contribution is 5.63. The van der Waals surface area contributed by atoms with Gasteiger partial charge < -0.3 is 20.1 Å². The summed E-state index contributed by atoms with van der Waals surface area (Å²) >= 11 is 0. The number of rotatable bonds is 6. The molecule has 3 aliphatic heterocycles. The number of aliphatic hydroxyl groups is 1. The molecule has 6 heteroatoms. The number of likely N-dealkylation sites (tertiary alicyclic amines) is 1. The molecule has 2 aliphatic carbocycles. The Kier molecular flexibility index (Phi) is 8.25. The molecule has 6 nitrogen and oxygen atoms in total. The summed E-state index contributed by atoms with van der Waals surface area (Å²) < 4.78 is 5.53. The third-order valence-corrected chi connectivity index (χ3v) is 8.18. The number of aliphatic imine (C=N–C) groups is 1. The lowest BCUT2D eigenvalue weighted by Gasteiger charge is -2.36. The van der Waals surface area contributed by atoms with Crippen LogP contribution in [0.2, 0.25) is 0 Å². The first kappa shape index (κ1) is 25.2. The Bertz CT molecular complexity index is 1010. The van der Waals surface area contributed by atoms with E-state index in [0.29, 0.717) is 12.0 Å². The summed E-state index contributed by atoms with van der Waals surface area (Å²) in [4.78, 5) is 9.54. The summed E-state index contributed by atoms with van der Waals surface area (Å²) in [7, 11) is 0. The second kappa shape index (κ2) is 11.8. The molecule has 0 bridgehead atoms. The molecule has 5 aliphatic rings. The Morgan fingerprint density at radius 3 is 2.67 bits per heavy atom. The van der Waals surface area contributed by atoms with E-state index in [1.54, 1.807) is 0 Å². The Balaban J connectivity index is 1.18. The molecule has 0 saturated carbocycles. The van der Waals surface area contributed by atoms with Gasteiger partial charge in [-0.25, -0.2) is 4.99 Å². The first-order valence-electron chi connectivity index (χ1n) is 13.8. The minimum atomic E-state index is -0.583. The van der Waals surface area contributed by atoms with Crippen LogP contribution in [0, 0.1) is 11.8 Å². The summed E-state index contributed by atoms with van der Waals surface area (Å²) in [6.45, 7) is 10.0. The van der Waals surface area contributed by atoms with Crippen molar-refractivity contribution in [3.8, 4) is 0 Å². The van der Waals surface area contributed by atoms with E-state index in [2.05, 4.69) is 76.5 Å². The van der Waals surface area contributed by atoms with Crippen molar-refractivity contribution in [2.45, 2.75) is 58.2 Å². The molecule has 36 heavy (non-hydrogen) atoms. The van der Waals surface area contributed by atoms with Gasteiger partial charge in [-0.15, -0.1) is 0 Å². The molecular formula is C30H42N4O2. The third-order valence-electron chi connectivity index (χ3n) is 8.18. The van der Waals surface area contributed by atoms with Crippen LogP contribution in [0.3, 0.4) is 0 Å². The first-order valence-corrected chi connectivity index (χ1v) is 13.8. The highest BCUT2D eigenvalue weighted by Crippen LogP contribution is 2.32. The van der Waals surface area contributed by atoms with Crippen molar-refractivity contribution in [1.29, 1.82) is 0 Å². The van der Waals surface area contributed by atoms with E-state index in [1.165, 1.54) is 23.1 Å². The van der Waals surface area contributed by atoms with Crippen LogP contribution < -0.4 is 5.32 Å². The smallest absolute Gasteiger partial charge is 0.129 e. The predicted octanol–water partition coefficient (Wildman–Crippen LogP) is 4.31. The van der Waals surface area contributed by atoms with Crippen LogP contribution in [-0.4, -0.2) is 72.8 Å². The lowest BCUT2D eigenvalue weighted by atomic mass is 9.86. The van der Waals surface area contributed by atoms with Crippen molar-refractivity contribution in [1.82, 2.24) is 15.1 Å². The number of allylic oxidation sites excluding steroid dienone is 9. The molecule has 4 unspecified atom stereocenters. The average molecular weight is 491 g/mol. The number of morpholine rings is 1. The standard InChI is InChI=1S/C30H42N4O2/c1-22-7-12-29(31-20-22)34-14-13-25(21-34)30(35)32-26-5-3-4-6-28(23(2)19-26)24-8-10-27(11-9-24)33-15-17-36-18-16-33/h3-6,8,12,19-20,22,25,27,30,32,35H,7,9-11,13-18,21H2,1-2H3/b4-3+,5-3?,6-4?,23-19-,26-5+,26-19?,28-6-,28-23?. The zero-order valence-corrected chi connectivity index (χ0v) is 21.9. The minimum absolute atomic E-state index is 0.178. The van der Waals surface area contributed by atoms with Crippen molar-refractivity contribution in [3.05, 3.63) is 70.8 Å². The van der Waals surface area contributed by atoms with Gasteiger partial charge in [-0.05, 0) is 79.9 Å². The van der Waals surface area contributed by atoms with Gasteiger partial charge in [0.1, 0.15) is 12.0 Å². The number of nitrogens with one attached hydrogen (secondary N) is 1. The maximum atomic E-state index is 11.0. The van der Waals surface area contributed by atoms with E-state index >= 15 is 0 Å². The second-order valence-electron chi connectivity index (χ2n) is 10.9. The van der Waals surface area contributed by atoms with Gasteiger partial charge in [0.2, 0.25) is 0 Å². The number of hydrogen-bond donors (Lipinski definition) is 2. The van der Waals surface area contributed by atoms with Gasteiger partial charge in [-0.1, -0.05) is 31.2 Å². The van der Waals surface area contributed by atoms with E-state index < -0.39 is 6.23 Å². The van der Waals surface area contributed by atoms with Crippen LogP contribution in [0.4, 0.5) is 0 Å². The molecule has 2 fully saturated rings. The SMILES string of the molecule is CC1=C/C(NC(O)C2CCN(C3=CCC(C)C=N3)C2)=C\C=C\C=C\1C1=CCC(N2CCOCC2)CC1. The molecule has 0 aromatic rings. The van der Waals surface area contributed by atoms with Crippen LogP contribution in [0.5, 0.6) is 0 Å². The zero-order chi connectivity index (χ0) is 24.9. The van der Waals surface area contributed by atoms with Crippen LogP contribution in [0.25, 0.3) is 0 Å². The summed E-state index contributed by atoms with van der Waals surface area (Å²) in [6, 6.07) is 0.642. The summed E-state index contributed by atoms with van der Waals surface area (Å²) in [6.07, 6.45) is 22.3. The Labute approximate surface area is 216 Å². The number of ether oxygens (including phenoxy) is 1. The van der Waals surface area contributed by atoms with Crippen molar-refractivity contribution in [2.24, 2.45) is 16.8 Å². The third kappa shape index (κ3) is 6.10. The van der Waals surface area contributed by atoms with E-state index in [4.69, 9.17) is 4.74 Å². The fourth-order valence-electron chi connectivity index (χ4n) is 5.95. The van der Waals surface area contributed by atoms with Crippen LogP contribution >= 0.6 is 0 Å². The van der Waals surface area contributed by atoms with E-state index in [0.717, 1.165) is 76.6 Å². The first-order chi connectivity index (χ1) is 17.6. The quantitative estimate of drug-likeness (QED) is 0.544. The molecule has 4 atom stereocenters. The van der Waals surface area contributed by atoms with E-state index in [-0.39, 0.29) is 5.92 Å².